The number of amides is 1. The van der Waals surface area contributed by atoms with Crippen LogP contribution >= 0.6 is 22.7 Å². The smallest absolute Gasteiger partial charge is 0.257 e. The predicted octanol–water partition coefficient (Wildman–Crippen LogP) is 6.04. The number of fused-ring (bicyclic) bond motifs is 3. The van der Waals surface area contributed by atoms with Crippen LogP contribution in [0.4, 0.5) is 5.13 Å². The highest BCUT2D eigenvalue weighted by atomic mass is 32.1. The molecular formula is C21H21N3O2S2. The fraction of sp³-hybridized carbons (Fsp3) is 0.286. The lowest BCUT2D eigenvalue weighted by Crippen LogP contribution is -2.11. The van der Waals surface area contributed by atoms with Gasteiger partial charge in [-0.3, -0.25) is 10.1 Å². The van der Waals surface area contributed by atoms with Crippen molar-refractivity contribution in [3.63, 3.8) is 0 Å². The quantitative estimate of drug-likeness (QED) is 0.377. The minimum absolute atomic E-state index is 0.173. The molecule has 0 bridgehead atoms. The zero-order chi connectivity index (χ0) is 19.5. The minimum atomic E-state index is -0.173. The maximum absolute atomic E-state index is 12.6. The zero-order valence-corrected chi connectivity index (χ0v) is 17.5. The lowest BCUT2D eigenvalue weighted by molar-refractivity contribution is 0.102. The topological polar surface area (TPSA) is 64.1 Å². The van der Waals surface area contributed by atoms with Gasteiger partial charge in [0.2, 0.25) is 0 Å². The summed E-state index contributed by atoms with van der Waals surface area (Å²) in [6.07, 6.45) is 3.38. The summed E-state index contributed by atoms with van der Waals surface area (Å²) in [6.45, 7) is 4.87. The van der Waals surface area contributed by atoms with Crippen LogP contribution in [0.2, 0.25) is 0 Å². The summed E-state index contributed by atoms with van der Waals surface area (Å²) in [6, 6.07) is 11.2. The molecule has 0 aliphatic rings. The van der Waals surface area contributed by atoms with Gasteiger partial charge >= 0.3 is 0 Å². The Kier molecular flexibility index (Phi) is 5.54. The molecule has 28 heavy (non-hydrogen) atoms. The number of unbranched alkanes of at least 4 members (excludes halogenated alkanes) is 2. The molecule has 2 aromatic carbocycles. The van der Waals surface area contributed by atoms with E-state index >= 15 is 0 Å². The van der Waals surface area contributed by atoms with Gasteiger partial charge in [0.05, 0.1) is 32.0 Å². The molecule has 5 nitrogen and oxygen atoms in total. The number of carbonyl (C=O) groups is 1. The fourth-order valence-corrected chi connectivity index (χ4v) is 4.95. The number of aromatic nitrogens is 2. The average Bonchev–Trinajstić information content (AvgIpc) is 3.27. The first-order valence-electron chi connectivity index (χ1n) is 9.35. The normalized spacial score (nSPS) is 11.2. The first kappa shape index (κ1) is 18.8. The molecule has 0 saturated heterocycles. The van der Waals surface area contributed by atoms with Crippen molar-refractivity contribution >= 4 is 54.1 Å². The predicted molar refractivity (Wildman–Crippen MR) is 117 cm³/mol. The first-order valence-corrected chi connectivity index (χ1v) is 11.0. The molecule has 1 amide bonds. The Morgan fingerprint density at radius 3 is 2.46 bits per heavy atom. The molecule has 4 rings (SSSR count). The molecule has 0 saturated carbocycles. The van der Waals surface area contributed by atoms with Crippen LogP contribution < -0.4 is 10.1 Å². The third-order valence-corrected chi connectivity index (χ3v) is 6.51. The summed E-state index contributed by atoms with van der Waals surface area (Å²) in [7, 11) is 0. The summed E-state index contributed by atoms with van der Waals surface area (Å²) in [5, 5.41) is 4.53. The second-order valence-electron chi connectivity index (χ2n) is 6.55. The Morgan fingerprint density at radius 2 is 1.71 bits per heavy atom. The molecule has 2 heterocycles. The maximum Gasteiger partial charge on any atom is 0.257 e. The lowest BCUT2D eigenvalue weighted by Gasteiger charge is -2.06. The van der Waals surface area contributed by atoms with Gasteiger partial charge in [0.1, 0.15) is 5.75 Å². The average molecular weight is 412 g/mol. The number of rotatable bonds is 7. The highest BCUT2D eigenvalue weighted by Crippen LogP contribution is 2.35. The fourth-order valence-electron chi connectivity index (χ4n) is 2.95. The van der Waals surface area contributed by atoms with Crippen LogP contribution in [0.5, 0.6) is 5.75 Å². The summed E-state index contributed by atoms with van der Waals surface area (Å²) < 4.78 is 7.88. The monoisotopic (exact) mass is 411 g/mol. The van der Waals surface area contributed by atoms with Gasteiger partial charge in [-0.05, 0) is 49.7 Å². The van der Waals surface area contributed by atoms with Crippen LogP contribution in [-0.2, 0) is 0 Å². The van der Waals surface area contributed by atoms with Gasteiger partial charge in [0.15, 0.2) is 5.13 Å². The van der Waals surface area contributed by atoms with Crippen molar-refractivity contribution in [2.45, 2.75) is 33.1 Å². The molecule has 0 radical (unpaired) electrons. The summed E-state index contributed by atoms with van der Waals surface area (Å²) in [5.74, 6) is 0.615. The number of ether oxygens (including phenoxy) is 1. The van der Waals surface area contributed by atoms with E-state index < -0.39 is 0 Å². The molecule has 7 heteroatoms. The van der Waals surface area contributed by atoms with Crippen molar-refractivity contribution in [1.82, 2.24) is 9.97 Å². The lowest BCUT2D eigenvalue weighted by atomic mass is 10.2. The van der Waals surface area contributed by atoms with Crippen LogP contribution in [0, 0.1) is 6.92 Å². The minimum Gasteiger partial charge on any atom is -0.494 e. The first-order chi connectivity index (χ1) is 13.6. The molecule has 0 aliphatic heterocycles. The third-order valence-electron chi connectivity index (χ3n) is 4.37. The molecule has 4 aromatic rings. The molecule has 0 spiro atoms. The number of carbonyl (C=O) groups excluding carboxylic acids is 1. The maximum atomic E-state index is 12.6. The molecule has 0 unspecified atom stereocenters. The van der Waals surface area contributed by atoms with E-state index in [0.29, 0.717) is 17.3 Å². The van der Waals surface area contributed by atoms with Gasteiger partial charge in [-0.1, -0.05) is 31.1 Å². The van der Waals surface area contributed by atoms with E-state index in [-0.39, 0.29) is 5.91 Å². The second-order valence-corrected chi connectivity index (χ2v) is 8.75. The van der Waals surface area contributed by atoms with Crippen molar-refractivity contribution in [2.75, 3.05) is 11.9 Å². The van der Waals surface area contributed by atoms with Crippen LogP contribution in [0.15, 0.2) is 36.4 Å². The van der Waals surface area contributed by atoms with Gasteiger partial charge in [-0.2, -0.15) is 0 Å². The van der Waals surface area contributed by atoms with Crippen molar-refractivity contribution in [1.29, 1.82) is 0 Å². The van der Waals surface area contributed by atoms with Crippen LogP contribution in [0.25, 0.3) is 20.4 Å². The molecule has 0 atom stereocenters. The Morgan fingerprint density at radius 1 is 1.00 bits per heavy atom. The van der Waals surface area contributed by atoms with Crippen LogP contribution in [0.3, 0.4) is 0 Å². The second kappa shape index (κ2) is 8.24. The van der Waals surface area contributed by atoms with Gasteiger partial charge in [-0.25, -0.2) is 9.97 Å². The number of benzene rings is 2. The molecule has 2 aromatic heterocycles. The summed E-state index contributed by atoms with van der Waals surface area (Å²) in [5.41, 5.74) is 2.44. The Bertz CT molecular complexity index is 1120. The van der Waals surface area contributed by atoms with E-state index in [2.05, 4.69) is 22.2 Å². The van der Waals surface area contributed by atoms with Gasteiger partial charge in [0, 0.05) is 5.56 Å². The number of nitrogens with zero attached hydrogens (tertiary/aromatic N) is 2. The Labute approximate surface area is 171 Å². The molecular weight excluding hydrogens is 390 g/mol. The molecule has 0 aliphatic carbocycles. The number of aryl methyl sites for hydroxylation is 1. The standard InChI is InChI=1S/C21H21N3O2S2/c1-3-4-5-12-26-15-8-6-14(7-9-15)20(25)24-21-23-17-11-10-16-18(19(17)28-21)27-13(2)22-16/h6-11H,3-5,12H2,1-2H3,(H,23,24,25). The van der Waals surface area contributed by atoms with Crippen LogP contribution in [0.1, 0.15) is 41.6 Å². The van der Waals surface area contributed by atoms with Gasteiger partial charge in [0.25, 0.3) is 5.91 Å². The molecule has 0 fully saturated rings. The van der Waals surface area contributed by atoms with Gasteiger partial charge < -0.3 is 4.74 Å². The third kappa shape index (κ3) is 4.00. The number of hydrogen-bond acceptors (Lipinski definition) is 6. The van der Waals surface area contributed by atoms with Crippen LogP contribution in [-0.4, -0.2) is 22.5 Å². The number of nitrogens with one attached hydrogen (secondary N) is 1. The number of thiazole rings is 2. The van der Waals surface area contributed by atoms with Gasteiger partial charge in [-0.15, -0.1) is 11.3 Å². The van der Waals surface area contributed by atoms with Crippen molar-refractivity contribution < 1.29 is 9.53 Å². The number of hydrogen-bond donors (Lipinski definition) is 1. The highest BCUT2D eigenvalue weighted by Gasteiger charge is 2.13. The van der Waals surface area contributed by atoms with Crippen molar-refractivity contribution in [2.24, 2.45) is 0 Å². The molecule has 144 valence electrons. The van der Waals surface area contributed by atoms with E-state index in [1.807, 2.05) is 31.2 Å². The SMILES string of the molecule is CCCCCOc1ccc(C(=O)Nc2nc3ccc4nc(C)sc4c3s2)cc1. The van der Waals surface area contributed by atoms with E-state index in [9.17, 15) is 4.79 Å². The highest BCUT2D eigenvalue weighted by molar-refractivity contribution is 7.28. The van der Waals surface area contributed by atoms with Crippen molar-refractivity contribution in [3.8, 4) is 5.75 Å². The Hall–Kier alpha value is -2.51. The largest absolute Gasteiger partial charge is 0.494 e. The van der Waals surface area contributed by atoms with E-state index in [1.165, 1.54) is 17.8 Å². The van der Waals surface area contributed by atoms with Crippen molar-refractivity contribution in [3.05, 3.63) is 47.0 Å². The Balaban J connectivity index is 1.46. The summed E-state index contributed by atoms with van der Waals surface area (Å²) >= 11 is 3.14. The van der Waals surface area contributed by atoms with E-state index in [1.54, 1.807) is 23.5 Å². The summed E-state index contributed by atoms with van der Waals surface area (Å²) in [4.78, 5) is 21.6. The van der Waals surface area contributed by atoms with E-state index in [4.69, 9.17) is 4.74 Å². The zero-order valence-electron chi connectivity index (χ0n) is 15.8. The number of anilines is 1. The molecule has 1 N–H and O–H groups in total. The van der Waals surface area contributed by atoms with E-state index in [0.717, 1.165) is 44.0 Å².